The zero-order valence-corrected chi connectivity index (χ0v) is 18.7. The molecule has 1 saturated carbocycles. The number of rotatable bonds is 7. The minimum absolute atomic E-state index is 0.0635. The van der Waals surface area contributed by atoms with Crippen molar-refractivity contribution in [2.75, 3.05) is 0 Å². The van der Waals surface area contributed by atoms with Gasteiger partial charge in [0.25, 0.3) is 0 Å². The predicted molar refractivity (Wildman–Crippen MR) is 120 cm³/mol. The Labute approximate surface area is 180 Å². The Balaban J connectivity index is 1.74. The minimum Gasteiger partial charge on any atom is -0.345 e. The highest BCUT2D eigenvalue weighted by Crippen LogP contribution is 2.21. The van der Waals surface area contributed by atoms with Crippen LogP contribution >= 0.6 is 11.6 Å². The van der Waals surface area contributed by atoms with Gasteiger partial charge in [-0.1, -0.05) is 56.8 Å². The van der Waals surface area contributed by atoms with E-state index in [1.807, 2.05) is 23.1 Å². The van der Waals surface area contributed by atoms with Crippen molar-refractivity contribution in [2.45, 2.75) is 78.0 Å². The van der Waals surface area contributed by atoms with Crippen molar-refractivity contribution in [2.24, 2.45) is 5.92 Å². The van der Waals surface area contributed by atoms with Crippen LogP contribution in [0.15, 0.2) is 42.6 Å². The second kappa shape index (κ2) is 10.2. The van der Waals surface area contributed by atoms with Gasteiger partial charge in [-0.3, -0.25) is 0 Å². The largest absolute Gasteiger partial charge is 0.345 e. The van der Waals surface area contributed by atoms with Gasteiger partial charge in [-0.15, -0.1) is 0 Å². The predicted octanol–water partition coefficient (Wildman–Crippen LogP) is 6.08. The van der Waals surface area contributed by atoms with E-state index < -0.39 is 0 Å². The summed E-state index contributed by atoms with van der Waals surface area (Å²) in [5.41, 5.74) is 2.29. The van der Waals surface area contributed by atoms with Crippen molar-refractivity contribution in [3.63, 3.8) is 0 Å². The molecular formula is C24H34ClN3O. The number of aromatic nitrogens is 1. The van der Waals surface area contributed by atoms with Crippen LogP contribution in [0.1, 0.15) is 64.1 Å². The number of urea groups is 1. The molecule has 3 rings (SSSR count). The van der Waals surface area contributed by atoms with E-state index in [1.54, 1.807) is 0 Å². The molecule has 0 aliphatic heterocycles. The lowest BCUT2D eigenvalue weighted by Gasteiger charge is -2.34. The zero-order valence-electron chi connectivity index (χ0n) is 17.9. The second-order valence-electron chi connectivity index (χ2n) is 8.65. The Bertz CT molecular complexity index is 795. The number of carbonyl (C=O) groups excluding carboxylic acids is 1. The summed E-state index contributed by atoms with van der Waals surface area (Å²) in [6.07, 6.45) is 7.99. The molecule has 1 unspecified atom stereocenters. The smallest absolute Gasteiger partial charge is 0.318 e. The van der Waals surface area contributed by atoms with Crippen LogP contribution in [0, 0.1) is 5.92 Å². The van der Waals surface area contributed by atoms with Gasteiger partial charge in [0, 0.05) is 35.5 Å². The SMILES string of the molecule is CC(C)C(C)N(Cc1cccn1Cc1cccc(Cl)c1)C(=O)NC1CCCCC1. The fraction of sp³-hybridized carbons (Fsp3) is 0.542. The second-order valence-corrected chi connectivity index (χ2v) is 9.09. The highest BCUT2D eigenvalue weighted by molar-refractivity contribution is 6.30. The van der Waals surface area contributed by atoms with Crippen LogP contribution in [0.5, 0.6) is 0 Å². The highest BCUT2D eigenvalue weighted by Gasteiger charge is 2.26. The molecule has 1 aliphatic rings. The summed E-state index contributed by atoms with van der Waals surface area (Å²) in [7, 11) is 0. The summed E-state index contributed by atoms with van der Waals surface area (Å²) < 4.78 is 2.21. The quantitative estimate of drug-likeness (QED) is 0.584. The average molecular weight is 416 g/mol. The summed E-state index contributed by atoms with van der Waals surface area (Å²) in [5.74, 6) is 0.392. The van der Waals surface area contributed by atoms with Crippen molar-refractivity contribution in [1.82, 2.24) is 14.8 Å². The van der Waals surface area contributed by atoms with E-state index in [2.05, 4.69) is 55.1 Å². The van der Waals surface area contributed by atoms with Gasteiger partial charge < -0.3 is 14.8 Å². The molecule has 158 valence electrons. The fourth-order valence-corrected chi connectivity index (χ4v) is 4.23. The van der Waals surface area contributed by atoms with Gasteiger partial charge in [-0.05, 0) is 55.5 Å². The molecule has 0 radical (unpaired) electrons. The Hall–Kier alpha value is -1.94. The van der Waals surface area contributed by atoms with Gasteiger partial charge in [0.1, 0.15) is 0 Å². The lowest BCUT2D eigenvalue weighted by atomic mass is 9.95. The van der Waals surface area contributed by atoms with Crippen LogP contribution in [0.2, 0.25) is 5.02 Å². The summed E-state index contributed by atoms with van der Waals surface area (Å²) in [6.45, 7) is 7.85. The summed E-state index contributed by atoms with van der Waals surface area (Å²) >= 11 is 6.15. The minimum atomic E-state index is 0.0635. The van der Waals surface area contributed by atoms with Crippen molar-refractivity contribution < 1.29 is 4.79 Å². The monoisotopic (exact) mass is 415 g/mol. The van der Waals surface area contributed by atoms with E-state index in [9.17, 15) is 4.79 Å². The Morgan fingerprint density at radius 3 is 2.62 bits per heavy atom. The van der Waals surface area contributed by atoms with E-state index in [4.69, 9.17) is 11.6 Å². The Morgan fingerprint density at radius 2 is 1.93 bits per heavy atom. The molecule has 1 N–H and O–H groups in total. The van der Waals surface area contributed by atoms with Gasteiger partial charge in [-0.25, -0.2) is 4.79 Å². The molecule has 1 fully saturated rings. The molecule has 4 nitrogen and oxygen atoms in total. The van der Waals surface area contributed by atoms with Crippen LogP contribution in [0.3, 0.4) is 0 Å². The zero-order chi connectivity index (χ0) is 20.8. The molecule has 1 atom stereocenters. The van der Waals surface area contributed by atoms with E-state index in [0.717, 1.165) is 35.7 Å². The standard InChI is InChI=1S/C24H34ClN3O/c1-18(2)19(3)28(24(29)26-22-11-5-4-6-12-22)17-23-13-8-14-27(23)16-20-9-7-10-21(25)15-20/h7-10,13-15,18-19,22H,4-6,11-12,16-17H2,1-3H3,(H,26,29). The first kappa shape index (κ1) is 21.8. The van der Waals surface area contributed by atoms with E-state index >= 15 is 0 Å². The number of nitrogens with zero attached hydrogens (tertiary/aromatic N) is 2. The number of hydrogen-bond donors (Lipinski definition) is 1. The molecule has 0 spiro atoms. The summed E-state index contributed by atoms with van der Waals surface area (Å²) in [6, 6.07) is 12.7. The van der Waals surface area contributed by atoms with Gasteiger partial charge in [0.05, 0.1) is 6.54 Å². The van der Waals surface area contributed by atoms with Gasteiger partial charge in [-0.2, -0.15) is 0 Å². The van der Waals surface area contributed by atoms with Crippen molar-refractivity contribution in [1.29, 1.82) is 0 Å². The maximum absolute atomic E-state index is 13.2. The van der Waals surface area contributed by atoms with Crippen LogP contribution in [0.4, 0.5) is 4.79 Å². The maximum atomic E-state index is 13.2. The molecule has 0 bridgehead atoms. The summed E-state index contributed by atoms with van der Waals surface area (Å²) in [5, 5.41) is 4.05. The third-order valence-corrected chi connectivity index (χ3v) is 6.38. The highest BCUT2D eigenvalue weighted by atomic mass is 35.5. The maximum Gasteiger partial charge on any atom is 0.318 e. The average Bonchev–Trinajstić information content (AvgIpc) is 3.13. The van der Waals surface area contributed by atoms with Crippen LogP contribution in [-0.4, -0.2) is 27.6 Å². The number of nitrogens with one attached hydrogen (secondary N) is 1. The van der Waals surface area contributed by atoms with E-state index in [-0.39, 0.29) is 12.1 Å². The topological polar surface area (TPSA) is 37.3 Å². The number of benzene rings is 1. The Morgan fingerprint density at radius 1 is 1.17 bits per heavy atom. The molecule has 1 aromatic heterocycles. The molecule has 29 heavy (non-hydrogen) atoms. The lowest BCUT2D eigenvalue weighted by molar-refractivity contribution is 0.150. The third kappa shape index (κ3) is 6.02. The number of carbonyl (C=O) groups is 1. The van der Waals surface area contributed by atoms with Crippen LogP contribution in [0.25, 0.3) is 0 Å². The molecule has 1 aromatic carbocycles. The lowest BCUT2D eigenvalue weighted by Crippen LogP contribution is -2.50. The molecule has 2 amide bonds. The number of amides is 2. The molecule has 1 heterocycles. The van der Waals surface area contributed by atoms with Gasteiger partial charge >= 0.3 is 6.03 Å². The normalized spacial score (nSPS) is 16.0. The first-order chi connectivity index (χ1) is 13.9. The molecule has 2 aromatic rings. The van der Waals surface area contributed by atoms with Crippen LogP contribution in [-0.2, 0) is 13.1 Å². The first-order valence-corrected chi connectivity index (χ1v) is 11.3. The van der Waals surface area contributed by atoms with Gasteiger partial charge in [0.15, 0.2) is 0 Å². The number of hydrogen-bond acceptors (Lipinski definition) is 1. The molecule has 1 aliphatic carbocycles. The van der Waals surface area contributed by atoms with Crippen molar-refractivity contribution >= 4 is 17.6 Å². The van der Waals surface area contributed by atoms with Crippen molar-refractivity contribution in [3.05, 3.63) is 58.9 Å². The molecule has 5 heteroatoms. The Kier molecular flexibility index (Phi) is 7.65. The van der Waals surface area contributed by atoms with Gasteiger partial charge in [0.2, 0.25) is 0 Å². The van der Waals surface area contributed by atoms with E-state index in [1.165, 1.54) is 19.3 Å². The molecular weight excluding hydrogens is 382 g/mol. The molecule has 0 saturated heterocycles. The third-order valence-electron chi connectivity index (χ3n) is 6.15. The van der Waals surface area contributed by atoms with Crippen LogP contribution < -0.4 is 5.32 Å². The van der Waals surface area contributed by atoms with Crippen molar-refractivity contribution in [3.8, 4) is 0 Å². The number of halogens is 1. The fourth-order valence-electron chi connectivity index (χ4n) is 4.02. The van der Waals surface area contributed by atoms with E-state index in [0.29, 0.717) is 18.5 Å². The first-order valence-electron chi connectivity index (χ1n) is 10.9. The summed E-state index contributed by atoms with van der Waals surface area (Å²) in [4.78, 5) is 15.2.